The van der Waals surface area contributed by atoms with Gasteiger partial charge < -0.3 is 4.55 Å². The van der Waals surface area contributed by atoms with Crippen LogP contribution in [0.5, 0.6) is 0 Å². The van der Waals surface area contributed by atoms with E-state index in [4.69, 9.17) is 0 Å². The number of hydrogen-bond acceptors (Lipinski definition) is 2. The van der Waals surface area contributed by atoms with E-state index < -0.39 is 11.2 Å². The van der Waals surface area contributed by atoms with E-state index in [1.807, 2.05) is 6.07 Å². The van der Waals surface area contributed by atoms with Crippen LogP contribution >= 0.6 is 0 Å². The van der Waals surface area contributed by atoms with Gasteiger partial charge in [0.25, 0.3) is 0 Å². The highest BCUT2D eigenvalue weighted by molar-refractivity contribution is 7.90. The molecule has 0 bridgehead atoms. The normalized spacial score (nSPS) is 20.1. The van der Waals surface area contributed by atoms with Crippen LogP contribution in [-0.2, 0) is 11.2 Å². The number of rotatable bonds is 2. The molecule has 3 nitrogen and oxygen atoms in total. The van der Waals surface area contributed by atoms with Gasteiger partial charge in [0.2, 0.25) is 5.03 Å². The molecule has 1 atom stereocenters. The summed E-state index contributed by atoms with van der Waals surface area (Å²) in [7, 11) is 0. The average Bonchev–Trinajstić information content (AvgIpc) is 2.30. The fraction of sp³-hybridized carbons (Fsp3) is 0.545. The van der Waals surface area contributed by atoms with Gasteiger partial charge in [0.15, 0.2) is 0 Å². The lowest BCUT2D eigenvalue weighted by molar-refractivity contribution is 0.446. The second-order valence-electron chi connectivity index (χ2n) is 3.80. The van der Waals surface area contributed by atoms with Crippen molar-refractivity contribution in [2.45, 2.75) is 23.8 Å². The summed E-state index contributed by atoms with van der Waals surface area (Å²) in [5.41, 5.74) is 1.16. The monoisotopic (exact) mass is 223 g/mol. The molecule has 0 spiro atoms. The molecule has 0 saturated carbocycles. The van der Waals surface area contributed by atoms with Crippen LogP contribution < -0.4 is 5.32 Å². The van der Waals surface area contributed by atoms with Crippen LogP contribution in [0.2, 0.25) is 0 Å². The van der Waals surface area contributed by atoms with Gasteiger partial charge in [-0.1, -0.05) is 6.07 Å². The second kappa shape index (κ2) is 4.96. The van der Waals surface area contributed by atoms with Crippen LogP contribution in [0.25, 0.3) is 0 Å². The summed E-state index contributed by atoms with van der Waals surface area (Å²) in [5, 5.41) is 5.09. The molecule has 1 aromatic rings. The Hall–Kier alpha value is -0.580. The standard InChI is InChI=1S/C11H15N2OS/c1-15(14)11-10(3-2-6-13-11)9-4-7-12-8-5-9/h2-3,6,9H,4-5,7-8H2,1H3. The lowest BCUT2D eigenvalue weighted by Crippen LogP contribution is -2.22. The largest absolute Gasteiger partial charge is 0.610 e. The molecule has 0 amide bonds. The lowest BCUT2D eigenvalue weighted by atomic mass is 9.91. The number of aromatic nitrogens is 1. The van der Waals surface area contributed by atoms with Crippen molar-refractivity contribution in [1.82, 2.24) is 10.3 Å². The zero-order valence-electron chi connectivity index (χ0n) is 8.85. The van der Waals surface area contributed by atoms with Crippen molar-refractivity contribution in [3.05, 3.63) is 23.9 Å². The summed E-state index contributed by atoms with van der Waals surface area (Å²) in [5.74, 6) is 0.495. The molecule has 15 heavy (non-hydrogen) atoms. The smallest absolute Gasteiger partial charge is 0.247 e. The van der Waals surface area contributed by atoms with Gasteiger partial charge >= 0.3 is 0 Å². The van der Waals surface area contributed by atoms with E-state index >= 15 is 0 Å². The molecule has 4 heteroatoms. The van der Waals surface area contributed by atoms with E-state index in [1.54, 1.807) is 12.5 Å². The van der Waals surface area contributed by atoms with Crippen molar-refractivity contribution in [3.63, 3.8) is 0 Å². The highest BCUT2D eigenvalue weighted by Gasteiger charge is 2.23. The minimum absolute atomic E-state index is 0.495. The van der Waals surface area contributed by atoms with Gasteiger partial charge in [-0.2, -0.15) is 0 Å². The molecular weight excluding hydrogens is 208 g/mol. The Labute approximate surface area is 93.5 Å². The van der Waals surface area contributed by atoms with Gasteiger partial charge in [-0.25, -0.2) is 10.3 Å². The Morgan fingerprint density at radius 2 is 2.13 bits per heavy atom. The lowest BCUT2D eigenvalue weighted by Gasteiger charge is -2.22. The minimum atomic E-state index is -0.984. The van der Waals surface area contributed by atoms with Crippen molar-refractivity contribution in [1.29, 1.82) is 0 Å². The van der Waals surface area contributed by atoms with Crippen LogP contribution in [0, 0.1) is 0 Å². The SMILES string of the molecule is C[S+]([O-])c1ncccc1C1CC[N]CC1. The first-order valence-corrected chi connectivity index (χ1v) is 6.76. The summed E-state index contributed by atoms with van der Waals surface area (Å²) in [6.07, 6.45) is 5.54. The number of pyridine rings is 1. The predicted molar refractivity (Wildman–Crippen MR) is 60.4 cm³/mol. The molecule has 0 aromatic carbocycles. The van der Waals surface area contributed by atoms with E-state index in [2.05, 4.69) is 16.4 Å². The third-order valence-corrected chi connectivity index (χ3v) is 3.67. The van der Waals surface area contributed by atoms with Crippen LogP contribution in [-0.4, -0.2) is 28.9 Å². The fourth-order valence-electron chi connectivity index (χ4n) is 2.02. The minimum Gasteiger partial charge on any atom is -0.610 e. The number of nitrogens with zero attached hydrogens (tertiary/aromatic N) is 2. The zero-order chi connectivity index (χ0) is 10.7. The van der Waals surface area contributed by atoms with Gasteiger partial charge in [-0.05, 0) is 24.8 Å². The van der Waals surface area contributed by atoms with Crippen molar-refractivity contribution in [2.75, 3.05) is 19.3 Å². The van der Waals surface area contributed by atoms with Crippen molar-refractivity contribution < 1.29 is 4.55 Å². The van der Waals surface area contributed by atoms with Crippen LogP contribution in [0.4, 0.5) is 0 Å². The summed E-state index contributed by atoms with van der Waals surface area (Å²) in [4.78, 5) is 4.22. The molecule has 2 rings (SSSR count). The first kappa shape index (κ1) is 10.9. The maximum Gasteiger partial charge on any atom is 0.247 e. The predicted octanol–water partition coefficient (Wildman–Crippen LogP) is 1.30. The Kier molecular flexibility index (Phi) is 3.61. The van der Waals surface area contributed by atoms with E-state index in [0.29, 0.717) is 5.92 Å². The topological polar surface area (TPSA) is 50.1 Å². The first-order valence-electron chi connectivity index (χ1n) is 5.20. The average molecular weight is 223 g/mol. The van der Waals surface area contributed by atoms with Crippen molar-refractivity contribution >= 4 is 11.2 Å². The van der Waals surface area contributed by atoms with Gasteiger partial charge in [0, 0.05) is 36.0 Å². The quantitative estimate of drug-likeness (QED) is 0.710. The zero-order valence-corrected chi connectivity index (χ0v) is 9.67. The van der Waals surface area contributed by atoms with Crippen LogP contribution in [0.3, 0.4) is 0 Å². The molecule has 1 unspecified atom stereocenters. The van der Waals surface area contributed by atoms with Crippen LogP contribution in [0.1, 0.15) is 24.3 Å². The Morgan fingerprint density at radius 3 is 2.80 bits per heavy atom. The van der Waals surface area contributed by atoms with E-state index in [0.717, 1.165) is 36.5 Å². The van der Waals surface area contributed by atoms with E-state index in [-0.39, 0.29) is 0 Å². The Bertz CT molecular complexity index is 324. The van der Waals surface area contributed by atoms with Gasteiger partial charge in [-0.3, -0.25) is 0 Å². The highest BCUT2D eigenvalue weighted by Crippen LogP contribution is 2.29. The Balaban J connectivity index is 2.25. The van der Waals surface area contributed by atoms with Crippen molar-refractivity contribution in [3.8, 4) is 0 Å². The van der Waals surface area contributed by atoms with E-state index in [1.165, 1.54) is 0 Å². The van der Waals surface area contributed by atoms with Gasteiger partial charge in [0.05, 0.1) is 0 Å². The molecule has 81 valence electrons. The maximum absolute atomic E-state index is 11.5. The van der Waals surface area contributed by atoms with Crippen molar-refractivity contribution in [2.24, 2.45) is 0 Å². The third kappa shape index (κ3) is 2.51. The molecule has 1 aliphatic rings. The number of hydrogen-bond donors (Lipinski definition) is 0. The van der Waals surface area contributed by atoms with Gasteiger partial charge in [0.1, 0.15) is 6.26 Å². The molecule has 1 aliphatic heterocycles. The maximum atomic E-state index is 11.5. The van der Waals surface area contributed by atoms with Crippen LogP contribution in [0.15, 0.2) is 23.4 Å². The first-order chi connectivity index (χ1) is 7.29. The van der Waals surface area contributed by atoms with E-state index in [9.17, 15) is 4.55 Å². The molecule has 0 aliphatic carbocycles. The second-order valence-corrected chi connectivity index (χ2v) is 5.09. The fourth-order valence-corrected chi connectivity index (χ4v) is 2.79. The third-order valence-electron chi connectivity index (χ3n) is 2.78. The summed E-state index contributed by atoms with van der Waals surface area (Å²) in [6, 6.07) is 3.98. The molecular formula is C11H15N2OS. The summed E-state index contributed by atoms with van der Waals surface area (Å²) >= 11 is -0.984. The number of piperidine rings is 1. The highest BCUT2D eigenvalue weighted by atomic mass is 32.2. The summed E-state index contributed by atoms with van der Waals surface area (Å²) < 4.78 is 11.5. The molecule has 1 fully saturated rings. The molecule has 1 radical (unpaired) electrons. The molecule has 0 N–H and O–H groups in total. The molecule has 1 aromatic heterocycles. The molecule has 1 saturated heterocycles. The Morgan fingerprint density at radius 1 is 1.40 bits per heavy atom. The summed E-state index contributed by atoms with van der Waals surface area (Å²) in [6.45, 7) is 1.85. The van der Waals surface area contributed by atoms with Gasteiger partial charge in [-0.15, -0.1) is 0 Å². The molecule has 2 heterocycles.